The Morgan fingerprint density at radius 2 is 0.580 bits per heavy atom. The Balaban J connectivity index is 0.000000376. The molecule has 6 saturated heterocycles. The molecule has 18 atom stereocenters. The maximum Gasteiger partial charge on any atom is 0.472 e. The first-order valence-corrected chi connectivity index (χ1v) is 53.2. The Morgan fingerprint density at radius 1 is 0.336 bits per heavy atom. The Bertz CT molecular complexity index is 3360. The lowest BCUT2D eigenvalue weighted by molar-refractivity contribution is -0.133. The molecular formula is C66H130N10O33P6S4. The van der Waals surface area contributed by atoms with E-state index in [0.29, 0.717) is 76.9 Å². The number of phosphoric acid groups is 6. The van der Waals surface area contributed by atoms with Crippen molar-refractivity contribution in [2.24, 2.45) is 22.9 Å². The lowest BCUT2D eigenvalue weighted by Gasteiger charge is -2.26. The minimum atomic E-state index is -4.64. The molecule has 119 heavy (non-hydrogen) atoms. The highest BCUT2D eigenvalue weighted by Crippen LogP contribution is 2.52. The molecule has 696 valence electrons. The van der Waals surface area contributed by atoms with Gasteiger partial charge in [-0.3, -0.25) is 83.1 Å². The lowest BCUT2D eigenvalue weighted by atomic mass is 10.1. The Morgan fingerprint density at radius 3 is 0.840 bits per heavy atom. The van der Waals surface area contributed by atoms with Crippen LogP contribution in [0.25, 0.3) is 0 Å². The highest BCUT2D eigenvalue weighted by atomic mass is 33.1. The normalized spacial score (nSPS) is 26.3. The molecule has 0 aliphatic carbocycles. The quantitative estimate of drug-likeness (QED) is 0.0177. The first-order chi connectivity index (χ1) is 56.2. The molecule has 43 nitrogen and oxygen atoms in total. The van der Waals surface area contributed by atoms with E-state index >= 15 is 0 Å². The largest absolute Gasteiger partial charge is 0.472 e. The number of amides is 6. The number of rotatable bonds is 56. The molecule has 0 saturated carbocycles. The molecule has 0 spiro atoms. The van der Waals surface area contributed by atoms with Crippen LogP contribution in [0.2, 0.25) is 0 Å². The summed E-state index contributed by atoms with van der Waals surface area (Å²) in [6.45, 7) is 0.408. The van der Waals surface area contributed by atoms with Crippen LogP contribution < -0.4 is 22.9 Å². The first kappa shape index (κ1) is 110. The van der Waals surface area contributed by atoms with Crippen LogP contribution in [-0.4, -0.2) is 338 Å². The summed E-state index contributed by atoms with van der Waals surface area (Å²) in [5.74, 6) is 1.68. The number of hydrogen-bond acceptors (Lipinski definition) is 35. The first-order valence-electron chi connectivity index (χ1n) is 39.7. The molecule has 6 amide bonds. The molecule has 6 heterocycles. The number of aliphatic hydroxyl groups excluding tert-OH is 3. The van der Waals surface area contributed by atoms with E-state index in [0.717, 1.165) is 77.1 Å². The summed E-state index contributed by atoms with van der Waals surface area (Å²) in [4.78, 5) is 145. The van der Waals surface area contributed by atoms with Crippen LogP contribution in [0.1, 0.15) is 154 Å². The average molecular weight is 1910 g/mol. The van der Waals surface area contributed by atoms with Crippen LogP contribution >= 0.6 is 92.9 Å². The average Bonchev–Trinajstić information content (AvgIpc) is 1.68. The number of thiol groups is 1. The van der Waals surface area contributed by atoms with Crippen molar-refractivity contribution >= 4 is 128 Å². The van der Waals surface area contributed by atoms with Crippen molar-refractivity contribution in [2.45, 2.75) is 227 Å². The van der Waals surface area contributed by atoms with E-state index in [1.807, 2.05) is 6.26 Å². The van der Waals surface area contributed by atoms with Gasteiger partial charge in [0.25, 0.3) is 0 Å². The highest BCUT2D eigenvalue weighted by Gasteiger charge is 2.47. The van der Waals surface area contributed by atoms with Crippen LogP contribution in [0.15, 0.2) is 0 Å². The zero-order chi connectivity index (χ0) is 88.6. The molecular weight excluding hydrogens is 1770 g/mol. The minimum absolute atomic E-state index is 0.0391. The fourth-order valence-corrected chi connectivity index (χ4v) is 20.7. The van der Waals surface area contributed by atoms with Gasteiger partial charge in [-0.2, -0.15) is 24.4 Å². The van der Waals surface area contributed by atoms with Gasteiger partial charge in [0.05, 0.1) is 113 Å². The molecule has 0 aromatic carbocycles. The predicted octanol–water partition coefficient (Wildman–Crippen LogP) is 3.97. The third kappa shape index (κ3) is 42.6. The second kappa shape index (κ2) is 56.8. The van der Waals surface area contributed by atoms with Gasteiger partial charge in [-0.25, -0.2) is 27.4 Å². The molecule has 0 aromatic heterocycles. The van der Waals surface area contributed by atoms with Gasteiger partial charge in [0.1, 0.15) is 0 Å². The maximum atomic E-state index is 12.9. The second-order valence-electron chi connectivity index (χ2n) is 29.1. The summed E-state index contributed by atoms with van der Waals surface area (Å²) in [7, 11) is -20.4. The fourth-order valence-electron chi connectivity index (χ4n) is 13.9. The molecule has 9 unspecified atom stereocenters. The number of thioether (sulfide) groups is 1. The van der Waals surface area contributed by atoms with Gasteiger partial charge in [-0.15, -0.1) is 0 Å². The van der Waals surface area contributed by atoms with Gasteiger partial charge in [0.2, 0.25) is 35.4 Å². The summed E-state index contributed by atoms with van der Waals surface area (Å²) in [5, 5.41) is 30.2. The minimum Gasteiger partial charge on any atom is -0.391 e. The highest BCUT2D eigenvalue weighted by molar-refractivity contribution is 8.76. The van der Waals surface area contributed by atoms with Gasteiger partial charge in [0.15, 0.2) is 0 Å². The molecule has 53 heteroatoms. The van der Waals surface area contributed by atoms with Crippen molar-refractivity contribution in [1.29, 1.82) is 0 Å². The van der Waals surface area contributed by atoms with E-state index in [9.17, 15) is 101 Å². The molecule has 17 N–H and O–H groups in total. The molecule has 0 aromatic rings. The van der Waals surface area contributed by atoms with Crippen LogP contribution in [0, 0.1) is 0 Å². The predicted molar refractivity (Wildman–Crippen MR) is 446 cm³/mol. The third-order valence-corrected chi connectivity index (χ3v) is 29.3. The van der Waals surface area contributed by atoms with Crippen molar-refractivity contribution in [3.05, 3.63) is 0 Å². The van der Waals surface area contributed by atoms with E-state index in [1.165, 1.54) is 29.4 Å². The number of aliphatic hydroxyl groups is 3. The number of carbonyl (C=O) groups is 6. The Labute approximate surface area is 714 Å². The van der Waals surface area contributed by atoms with Gasteiger partial charge < -0.3 is 97.0 Å². The monoisotopic (exact) mass is 1900 g/mol. The van der Waals surface area contributed by atoms with Gasteiger partial charge in [-0.05, 0) is 134 Å². The van der Waals surface area contributed by atoms with Crippen molar-refractivity contribution in [3.8, 4) is 0 Å². The standard InChI is InChI=1S/C23H46N4O11P2S2.C22H43N3O11P2S.C21H41N3O11P2S/c1-35-39(31,32)36-17-19-13-21(15-27(19)22(29)6-3-2-4-8-24)38-40(33,34)37-16-18-12-20(28)14-26(18)23(30)7-5-10-41-42-11-9-25;1-33-37(29,30)34-16-18-12-20(14-25(18)21(27)7-4-3-5-9-23)36-38(31,32)35-15-17-11-19(26)13-24(17)22(28)8-6-10-39-2;1-32-36(28,29)33-15-17-11-19(13-24(17)20(26)6-3-2-4-8-22)35-37(30,31)34-14-16-10-18(25)12-23(16)21(27)7-5-9-38/h18-21,28H,2-17,24-25H2,1H3,(H,31,32)(H,33,34);17-20,26H,3-16,23H2,1-2H3,(H,29,30)(H,31,32);16-19,25,38H,2-15,22H2,1H3,(H,28,29)(H,30,31)/t18-,19-,20+,21?;17-,18-,19+,20?;16-,17-,18+,19?/m000/s1. The Hall–Kier alpha value is -1.40. The van der Waals surface area contributed by atoms with Gasteiger partial charge in [-0.1, -0.05) is 40.9 Å². The topological polar surface area (TPSA) is 621 Å². The van der Waals surface area contributed by atoms with Crippen molar-refractivity contribution in [2.75, 3.05) is 156 Å². The van der Waals surface area contributed by atoms with Crippen molar-refractivity contribution < 1.29 is 155 Å². The smallest absolute Gasteiger partial charge is 0.391 e. The molecule has 6 fully saturated rings. The number of nitrogens with zero attached hydrogens (tertiary/aromatic N) is 6. The number of β-amino-alcohol motifs (C(OH)–C–C–N with tert-alkyl or cyclic N) is 3. The summed E-state index contributed by atoms with van der Waals surface area (Å²) in [6, 6.07) is -3.84. The fraction of sp³-hybridized carbons (Fsp3) is 0.909. The van der Waals surface area contributed by atoms with Crippen LogP contribution in [-0.2, 0) is 110 Å². The van der Waals surface area contributed by atoms with Gasteiger partial charge >= 0.3 is 46.9 Å². The van der Waals surface area contributed by atoms with Gasteiger partial charge in [0, 0.05) is 117 Å². The van der Waals surface area contributed by atoms with Crippen molar-refractivity contribution in [1.82, 2.24) is 29.4 Å². The second-order valence-corrected chi connectivity index (χ2v) is 42.2. The Kier molecular flexibility index (Phi) is 52.5. The zero-order valence-electron chi connectivity index (χ0n) is 68.2. The summed E-state index contributed by atoms with van der Waals surface area (Å²) in [6.07, 6.45) is 7.46. The van der Waals surface area contributed by atoms with E-state index in [2.05, 4.69) is 26.2 Å². The third-order valence-electron chi connectivity index (χ3n) is 19.8. The molecule has 0 bridgehead atoms. The lowest BCUT2D eigenvalue weighted by Crippen LogP contribution is -2.38. The molecule has 0 radical (unpaired) electrons. The number of nitrogens with two attached hydrogens (primary N) is 4. The van der Waals surface area contributed by atoms with Crippen LogP contribution in [0.5, 0.6) is 0 Å². The SMILES string of the molecule is COP(=O)(O)OC[C@@H]1CC(OP(=O)(O)OC[C@@H]2C[C@@H](O)CN2C(=O)CCCS)CN1C(=O)CCCCCN.COP(=O)(O)OC[C@@H]1CC(OP(=O)(O)OC[C@@H]2C[C@@H](O)CN2C(=O)CCCSC)CN1C(=O)CCCCCN.COP(=O)(O)OC[C@@H]1CC(OP(=O)(O)OC[C@@H]2C[C@@H](O)CN2C(=O)CCCSSCCN)CN1C(=O)CCCCCN. The summed E-state index contributed by atoms with van der Waals surface area (Å²) >= 11 is 5.72. The van der Waals surface area contributed by atoms with E-state index in [-0.39, 0.29) is 185 Å². The maximum absolute atomic E-state index is 12.9. The number of likely N-dealkylation sites (tertiary alicyclic amines) is 6. The number of hydrogen-bond donors (Lipinski definition) is 14. The summed E-state index contributed by atoms with van der Waals surface area (Å²) < 4.78 is 134. The van der Waals surface area contributed by atoms with Crippen molar-refractivity contribution in [3.63, 3.8) is 0 Å². The summed E-state index contributed by atoms with van der Waals surface area (Å²) in [5.41, 5.74) is 21.9. The zero-order valence-corrected chi connectivity index (χ0v) is 76.9. The molecule has 6 aliphatic heterocycles. The van der Waals surface area contributed by atoms with E-state index in [1.54, 1.807) is 33.3 Å². The molecule has 6 rings (SSSR count). The van der Waals surface area contributed by atoms with E-state index < -0.39 is 120 Å². The number of carbonyl (C=O) groups excluding carboxylic acids is 6. The number of unbranched alkanes of at least 4 members (excludes halogenated alkanes) is 6. The molecule has 6 aliphatic rings. The number of phosphoric ester groups is 6. The van der Waals surface area contributed by atoms with E-state index in [4.69, 9.17) is 63.6 Å². The van der Waals surface area contributed by atoms with Crippen LogP contribution in [0.3, 0.4) is 0 Å². The van der Waals surface area contributed by atoms with Crippen LogP contribution in [0.4, 0.5) is 0 Å².